The first-order valence-corrected chi connectivity index (χ1v) is 4.68. The van der Waals surface area contributed by atoms with Crippen LogP contribution in [0.25, 0.3) is 11.5 Å². The van der Waals surface area contributed by atoms with Crippen molar-refractivity contribution in [1.29, 1.82) is 0 Å². The van der Waals surface area contributed by atoms with E-state index in [1.54, 1.807) is 19.2 Å². The van der Waals surface area contributed by atoms with Crippen LogP contribution in [0.3, 0.4) is 0 Å². The highest BCUT2D eigenvalue weighted by Gasteiger charge is 2.22. The summed E-state index contributed by atoms with van der Waals surface area (Å²) in [6.07, 6.45) is 6.11. The lowest BCUT2D eigenvalue weighted by atomic mass is 10.3. The van der Waals surface area contributed by atoms with Crippen molar-refractivity contribution in [1.82, 2.24) is 10.1 Å². The van der Waals surface area contributed by atoms with Gasteiger partial charge in [-0.25, -0.2) is 9.78 Å². The predicted octanol–water partition coefficient (Wildman–Crippen LogP) is 0.670. The molecular weight excluding hydrogens is 210 g/mol. The average molecular weight is 220 g/mol. The third-order valence-electron chi connectivity index (χ3n) is 2.17. The molecule has 0 aromatic carbocycles. The maximum Gasteiger partial charge on any atom is 0.375 e. The van der Waals surface area contributed by atoms with Crippen LogP contribution in [-0.2, 0) is 4.79 Å². The van der Waals surface area contributed by atoms with E-state index in [2.05, 4.69) is 10.1 Å². The quantitative estimate of drug-likeness (QED) is 0.769. The Morgan fingerprint density at radius 1 is 1.62 bits per heavy atom. The summed E-state index contributed by atoms with van der Waals surface area (Å²) in [7, 11) is 0. The second-order valence-corrected chi connectivity index (χ2v) is 3.25. The van der Waals surface area contributed by atoms with Crippen LogP contribution < -0.4 is 4.68 Å². The Hall–Kier alpha value is -2.24. The highest BCUT2D eigenvalue weighted by atomic mass is 16.4. The second kappa shape index (κ2) is 4.09. The predicted molar refractivity (Wildman–Crippen MR) is 52.3 cm³/mol. The van der Waals surface area contributed by atoms with Crippen molar-refractivity contribution in [2.45, 2.75) is 13.0 Å². The summed E-state index contributed by atoms with van der Waals surface area (Å²) in [6, 6.07) is 1.01. The van der Waals surface area contributed by atoms with Gasteiger partial charge in [0.05, 0.1) is 11.8 Å². The van der Waals surface area contributed by atoms with Gasteiger partial charge in [-0.15, -0.1) is 0 Å². The molecule has 0 spiro atoms. The van der Waals surface area contributed by atoms with Gasteiger partial charge in [-0.1, -0.05) is 4.68 Å². The van der Waals surface area contributed by atoms with Crippen LogP contribution in [0.1, 0.15) is 13.0 Å². The maximum atomic E-state index is 10.7. The molecule has 2 aromatic heterocycles. The SMILES string of the molecule is CC(C(=O)O)[n+]1ccc(-c2ncco2)cn1. The number of nitrogens with zero attached hydrogens (tertiary/aromatic N) is 3. The highest BCUT2D eigenvalue weighted by molar-refractivity contribution is 5.69. The summed E-state index contributed by atoms with van der Waals surface area (Å²) in [5.74, 6) is -0.469. The van der Waals surface area contributed by atoms with E-state index in [1.165, 1.54) is 23.3 Å². The fourth-order valence-electron chi connectivity index (χ4n) is 1.20. The van der Waals surface area contributed by atoms with E-state index in [-0.39, 0.29) is 0 Å². The van der Waals surface area contributed by atoms with Crippen molar-refractivity contribution in [2.24, 2.45) is 0 Å². The van der Waals surface area contributed by atoms with Crippen LogP contribution in [0.5, 0.6) is 0 Å². The van der Waals surface area contributed by atoms with Gasteiger partial charge in [0.1, 0.15) is 12.5 Å². The molecule has 2 aromatic rings. The third-order valence-corrected chi connectivity index (χ3v) is 2.17. The summed E-state index contributed by atoms with van der Waals surface area (Å²) >= 11 is 0. The number of rotatable bonds is 3. The van der Waals surface area contributed by atoms with Crippen LogP contribution in [-0.4, -0.2) is 21.2 Å². The average Bonchev–Trinajstić information content (AvgIpc) is 2.81. The maximum absolute atomic E-state index is 10.7. The lowest BCUT2D eigenvalue weighted by Gasteiger charge is -1.98. The Balaban J connectivity index is 2.26. The Morgan fingerprint density at radius 3 is 2.94 bits per heavy atom. The van der Waals surface area contributed by atoms with Crippen molar-refractivity contribution in [3.05, 3.63) is 30.9 Å². The van der Waals surface area contributed by atoms with Crippen LogP contribution in [0.4, 0.5) is 0 Å². The molecule has 0 saturated heterocycles. The monoisotopic (exact) mass is 220 g/mol. The molecule has 6 nitrogen and oxygen atoms in total. The van der Waals surface area contributed by atoms with Gasteiger partial charge in [0.2, 0.25) is 5.89 Å². The first-order chi connectivity index (χ1) is 7.68. The fraction of sp³-hybridized carbons (Fsp3) is 0.200. The number of hydrogen-bond acceptors (Lipinski definition) is 4. The Kier molecular flexibility index (Phi) is 2.63. The standard InChI is InChI=1S/C10H9N3O3/c1-7(10(14)15)13-4-2-8(6-12-13)9-11-3-5-16-9/h2-7H,1H3/p+1. The van der Waals surface area contributed by atoms with E-state index in [1.807, 2.05) is 0 Å². The Morgan fingerprint density at radius 2 is 2.44 bits per heavy atom. The van der Waals surface area contributed by atoms with Crippen LogP contribution in [0, 0.1) is 0 Å². The van der Waals surface area contributed by atoms with Gasteiger partial charge in [0.15, 0.2) is 6.20 Å². The van der Waals surface area contributed by atoms with Gasteiger partial charge in [-0.3, -0.25) is 0 Å². The smallest absolute Gasteiger partial charge is 0.375 e. The molecule has 2 rings (SSSR count). The lowest BCUT2D eigenvalue weighted by molar-refractivity contribution is -0.763. The van der Waals surface area contributed by atoms with Gasteiger partial charge in [0, 0.05) is 13.0 Å². The zero-order chi connectivity index (χ0) is 11.5. The van der Waals surface area contributed by atoms with E-state index in [0.717, 1.165) is 0 Å². The zero-order valence-electron chi connectivity index (χ0n) is 8.57. The van der Waals surface area contributed by atoms with Crippen LogP contribution in [0.15, 0.2) is 35.3 Å². The molecular formula is C10H10N3O3+. The fourth-order valence-corrected chi connectivity index (χ4v) is 1.20. The van der Waals surface area contributed by atoms with Gasteiger partial charge in [0.25, 0.3) is 6.04 Å². The van der Waals surface area contributed by atoms with Crippen molar-refractivity contribution in [2.75, 3.05) is 0 Å². The highest BCUT2D eigenvalue weighted by Crippen LogP contribution is 2.13. The van der Waals surface area contributed by atoms with Crippen molar-refractivity contribution >= 4 is 5.97 Å². The van der Waals surface area contributed by atoms with Gasteiger partial charge >= 0.3 is 5.97 Å². The molecule has 0 amide bonds. The summed E-state index contributed by atoms with van der Waals surface area (Å²) < 4.78 is 6.45. The molecule has 0 bridgehead atoms. The van der Waals surface area contributed by atoms with Crippen molar-refractivity contribution in [3.8, 4) is 11.5 Å². The second-order valence-electron chi connectivity index (χ2n) is 3.25. The molecule has 0 aliphatic heterocycles. The third kappa shape index (κ3) is 1.90. The minimum Gasteiger partial charge on any atom is -0.476 e. The van der Waals surface area contributed by atoms with Crippen LogP contribution >= 0.6 is 0 Å². The number of carbonyl (C=O) groups is 1. The van der Waals surface area contributed by atoms with Crippen molar-refractivity contribution < 1.29 is 19.0 Å². The van der Waals surface area contributed by atoms with Gasteiger partial charge in [-0.05, 0) is 5.10 Å². The van der Waals surface area contributed by atoms with E-state index < -0.39 is 12.0 Å². The molecule has 1 N–H and O–H groups in total. The number of oxazole rings is 1. The molecule has 1 atom stereocenters. The minimum absolute atomic E-state index is 0.461. The first-order valence-electron chi connectivity index (χ1n) is 4.68. The molecule has 0 aliphatic carbocycles. The van der Waals surface area contributed by atoms with Crippen LogP contribution in [0.2, 0.25) is 0 Å². The Bertz CT molecular complexity index is 479. The lowest BCUT2D eigenvalue weighted by Crippen LogP contribution is -2.45. The number of carboxylic acid groups (broad SMARTS) is 1. The molecule has 6 heteroatoms. The molecule has 0 saturated carbocycles. The number of hydrogen-bond donors (Lipinski definition) is 1. The first kappa shape index (κ1) is 10.3. The number of carboxylic acids is 1. The topological polar surface area (TPSA) is 80.1 Å². The molecule has 2 heterocycles. The largest absolute Gasteiger partial charge is 0.476 e. The van der Waals surface area contributed by atoms with E-state index in [0.29, 0.717) is 11.5 Å². The summed E-state index contributed by atoms with van der Waals surface area (Å²) in [4.78, 5) is 14.7. The molecule has 0 radical (unpaired) electrons. The summed E-state index contributed by atoms with van der Waals surface area (Å²) in [5, 5.41) is 12.8. The zero-order valence-corrected chi connectivity index (χ0v) is 8.57. The molecule has 0 aliphatic rings. The molecule has 82 valence electrons. The number of aromatic nitrogens is 3. The van der Waals surface area contributed by atoms with Gasteiger partial charge in [-0.2, -0.15) is 0 Å². The normalized spacial score (nSPS) is 12.3. The summed E-state index contributed by atoms with van der Waals surface area (Å²) in [6.45, 7) is 1.56. The molecule has 0 fully saturated rings. The van der Waals surface area contributed by atoms with E-state index in [4.69, 9.17) is 9.52 Å². The van der Waals surface area contributed by atoms with Gasteiger partial charge < -0.3 is 9.52 Å². The minimum atomic E-state index is -0.929. The van der Waals surface area contributed by atoms with E-state index in [9.17, 15) is 4.79 Å². The Labute approximate surface area is 91.2 Å². The number of aliphatic carboxylic acids is 1. The molecule has 16 heavy (non-hydrogen) atoms. The van der Waals surface area contributed by atoms with E-state index >= 15 is 0 Å². The molecule has 1 unspecified atom stereocenters. The van der Waals surface area contributed by atoms with Crippen molar-refractivity contribution in [3.63, 3.8) is 0 Å². The summed E-state index contributed by atoms with van der Waals surface area (Å²) in [5.41, 5.74) is 0.707.